The molecular formula is C29H43NO2. The molecule has 1 heterocycles. The van der Waals surface area contributed by atoms with E-state index in [2.05, 4.69) is 55.2 Å². The van der Waals surface area contributed by atoms with Gasteiger partial charge in [0.1, 0.15) is 5.75 Å². The number of hydrogen-bond donors (Lipinski definition) is 0. The zero-order chi connectivity index (χ0) is 22.7. The van der Waals surface area contributed by atoms with E-state index in [9.17, 15) is 0 Å². The first kappa shape index (κ1) is 26.1. The van der Waals surface area contributed by atoms with Gasteiger partial charge in [-0.05, 0) is 69.1 Å². The van der Waals surface area contributed by atoms with E-state index in [1.165, 1.54) is 44.1 Å². The molecule has 0 unspecified atom stereocenters. The van der Waals surface area contributed by atoms with Crippen molar-refractivity contribution in [3.8, 4) is 17.0 Å². The monoisotopic (exact) mass is 437 g/mol. The second kappa shape index (κ2) is 17.4. The van der Waals surface area contributed by atoms with Gasteiger partial charge < -0.3 is 9.47 Å². The lowest BCUT2D eigenvalue weighted by Gasteiger charge is -2.07. The van der Waals surface area contributed by atoms with Gasteiger partial charge in [0.2, 0.25) is 0 Å². The maximum absolute atomic E-state index is 5.84. The first-order chi connectivity index (χ1) is 15.8. The molecule has 32 heavy (non-hydrogen) atoms. The molecule has 0 saturated carbocycles. The van der Waals surface area contributed by atoms with Crippen molar-refractivity contribution in [1.82, 2.24) is 4.98 Å². The van der Waals surface area contributed by atoms with E-state index in [-0.39, 0.29) is 0 Å². The highest BCUT2D eigenvalue weighted by Gasteiger charge is 2.02. The number of ether oxygens (including phenoxy) is 2. The van der Waals surface area contributed by atoms with Crippen LogP contribution in [0.1, 0.15) is 83.6 Å². The normalized spacial score (nSPS) is 11.3. The number of rotatable bonds is 18. The van der Waals surface area contributed by atoms with Gasteiger partial charge in [0.25, 0.3) is 0 Å². The van der Waals surface area contributed by atoms with Crippen LogP contribution in [-0.4, -0.2) is 24.8 Å². The molecule has 0 amide bonds. The summed E-state index contributed by atoms with van der Waals surface area (Å²) in [6.07, 6.45) is 19.5. The minimum absolute atomic E-state index is 0.736. The van der Waals surface area contributed by atoms with Gasteiger partial charge in [0, 0.05) is 18.8 Å². The first-order valence-electron chi connectivity index (χ1n) is 12.7. The second-order valence-corrected chi connectivity index (χ2v) is 8.46. The van der Waals surface area contributed by atoms with Crippen molar-refractivity contribution in [2.45, 2.75) is 84.5 Å². The Hall–Kier alpha value is -2.13. The number of pyridine rings is 1. The third-order valence-electron chi connectivity index (χ3n) is 5.51. The molecule has 0 radical (unpaired) electrons. The molecule has 0 bridgehead atoms. The van der Waals surface area contributed by atoms with E-state index in [1.807, 2.05) is 18.3 Å². The zero-order valence-corrected chi connectivity index (χ0v) is 20.4. The Kier molecular flexibility index (Phi) is 14.2. The smallest absolute Gasteiger partial charge is 0.137 e. The highest BCUT2D eigenvalue weighted by molar-refractivity contribution is 5.59. The van der Waals surface area contributed by atoms with Crippen LogP contribution in [0.5, 0.6) is 5.75 Å². The highest BCUT2D eigenvalue weighted by atomic mass is 16.5. The van der Waals surface area contributed by atoms with Crippen molar-refractivity contribution in [1.29, 1.82) is 0 Å². The number of unbranched alkanes of at least 4 members (excludes halogenated alkanes) is 6. The number of allylic oxidation sites excluding steroid dienone is 2. The molecule has 0 aliphatic carbocycles. The lowest BCUT2D eigenvalue weighted by Crippen LogP contribution is -1.97. The van der Waals surface area contributed by atoms with Gasteiger partial charge in [-0.1, -0.05) is 69.5 Å². The highest BCUT2D eigenvalue weighted by Crippen LogP contribution is 2.21. The molecule has 2 aromatic rings. The molecule has 0 saturated heterocycles. The summed E-state index contributed by atoms with van der Waals surface area (Å²) in [6.45, 7) is 6.92. The predicted octanol–water partition coefficient (Wildman–Crippen LogP) is 8.18. The molecule has 1 aromatic carbocycles. The van der Waals surface area contributed by atoms with Crippen LogP contribution in [0.2, 0.25) is 0 Å². The lowest BCUT2D eigenvalue weighted by atomic mass is 10.0. The number of nitrogens with zero attached hydrogens (tertiary/aromatic N) is 1. The molecular weight excluding hydrogens is 394 g/mol. The van der Waals surface area contributed by atoms with Crippen molar-refractivity contribution in [3.63, 3.8) is 0 Å². The number of hydrogen-bond acceptors (Lipinski definition) is 3. The molecule has 0 spiro atoms. The van der Waals surface area contributed by atoms with E-state index in [4.69, 9.17) is 9.47 Å². The maximum atomic E-state index is 5.84. The fourth-order valence-corrected chi connectivity index (χ4v) is 3.57. The van der Waals surface area contributed by atoms with Crippen molar-refractivity contribution in [3.05, 3.63) is 60.3 Å². The van der Waals surface area contributed by atoms with E-state index in [0.717, 1.165) is 68.9 Å². The SMILES string of the molecule is CCCCC/C=C/CCCOc1ccc(-c2ccc(CCCCCOCCC)cc2)nc1. The number of aromatic nitrogens is 1. The fourth-order valence-electron chi connectivity index (χ4n) is 3.57. The molecule has 176 valence electrons. The molecule has 0 atom stereocenters. The van der Waals surface area contributed by atoms with Crippen LogP contribution in [0, 0.1) is 0 Å². The third kappa shape index (κ3) is 11.5. The van der Waals surface area contributed by atoms with Gasteiger partial charge in [-0.25, -0.2) is 0 Å². The third-order valence-corrected chi connectivity index (χ3v) is 5.51. The Morgan fingerprint density at radius 3 is 2.25 bits per heavy atom. The van der Waals surface area contributed by atoms with Crippen molar-refractivity contribution in [2.24, 2.45) is 0 Å². The molecule has 0 fully saturated rings. The maximum Gasteiger partial charge on any atom is 0.137 e. The summed E-state index contributed by atoms with van der Waals surface area (Å²) in [7, 11) is 0. The summed E-state index contributed by atoms with van der Waals surface area (Å²) >= 11 is 0. The van der Waals surface area contributed by atoms with Gasteiger partial charge in [-0.3, -0.25) is 4.98 Å². The van der Waals surface area contributed by atoms with Crippen molar-refractivity contribution >= 4 is 0 Å². The van der Waals surface area contributed by atoms with Crippen molar-refractivity contribution < 1.29 is 9.47 Å². The molecule has 3 nitrogen and oxygen atoms in total. The topological polar surface area (TPSA) is 31.4 Å². The molecule has 0 aliphatic heterocycles. The van der Waals surface area contributed by atoms with E-state index < -0.39 is 0 Å². The van der Waals surface area contributed by atoms with Gasteiger partial charge in [0.15, 0.2) is 0 Å². The largest absolute Gasteiger partial charge is 0.492 e. The Morgan fingerprint density at radius 1 is 0.719 bits per heavy atom. The molecule has 2 rings (SSSR count). The van der Waals surface area contributed by atoms with Crippen LogP contribution in [0.4, 0.5) is 0 Å². The summed E-state index contributed by atoms with van der Waals surface area (Å²) in [5, 5.41) is 0. The van der Waals surface area contributed by atoms with Gasteiger partial charge in [0.05, 0.1) is 18.5 Å². The van der Waals surface area contributed by atoms with E-state index in [1.54, 1.807) is 0 Å². The van der Waals surface area contributed by atoms with Crippen LogP contribution in [-0.2, 0) is 11.2 Å². The summed E-state index contributed by atoms with van der Waals surface area (Å²) < 4.78 is 11.4. The van der Waals surface area contributed by atoms with E-state index in [0.29, 0.717) is 0 Å². The van der Waals surface area contributed by atoms with Crippen LogP contribution in [0.25, 0.3) is 11.3 Å². The average molecular weight is 438 g/mol. The first-order valence-corrected chi connectivity index (χ1v) is 12.7. The van der Waals surface area contributed by atoms with Gasteiger partial charge in [-0.15, -0.1) is 0 Å². The fraction of sp³-hybridized carbons (Fsp3) is 0.552. The molecule has 1 aromatic heterocycles. The number of aryl methyl sites for hydroxylation is 1. The average Bonchev–Trinajstić information content (AvgIpc) is 2.83. The van der Waals surface area contributed by atoms with Gasteiger partial charge >= 0.3 is 0 Å². The second-order valence-electron chi connectivity index (χ2n) is 8.46. The number of benzene rings is 1. The Labute approximate surface area is 196 Å². The minimum atomic E-state index is 0.736. The Bertz CT molecular complexity index is 722. The predicted molar refractivity (Wildman–Crippen MR) is 136 cm³/mol. The van der Waals surface area contributed by atoms with Crippen LogP contribution < -0.4 is 4.74 Å². The van der Waals surface area contributed by atoms with Crippen molar-refractivity contribution in [2.75, 3.05) is 19.8 Å². The lowest BCUT2D eigenvalue weighted by molar-refractivity contribution is 0.130. The molecule has 3 heteroatoms. The van der Waals surface area contributed by atoms with Crippen LogP contribution in [0.15, 0.2) is 54.7 Å². The van der Waals surface area contributed by atoms with Gasteiger partial charge in [-0.2, -0.15) is 0 Å². The summed E-state index contributed by atoms with van der Waals surface area (Å²) in [4.78, 5) is 4.59. The quantitative estimate of drug-likeness (QED) is 0.174. The summed E-state index contributed by atoms with van der Waals surface area (Å²) in [6, 6.07) is 12.9. The molecule has 0 N–H and O–H groups in total. The van der Waals surface area contributed by atoms with E-state index >= 15 is 0 Å². The van der Waals surface area contributed by atoms with Crippen LogP contribution >= 0.6 is 0 Å². The summed E-state index contributed by atoms with van der Waals surface area (Å²) in [5.74, 6) is 0.847. The summed E-state index contributed by atoms with van der Waals surface area (Å²) in [5.41, 5.74) is 3.54. The zero-order valence-electron chi connectivity index (χ0n) is 20.4. The molecule has 0 aliphatic rings. The standard InChI is InChI=1S/C29H43NO2/c1-3-5-6-7-8-9-10-14-24-32-28-20-21-29(30-25-28)27-18-16-26(17-19-27)15-12-11-13-23-31-22-4-2/h8-9,16-21,25H,3-7,10-15,22-24H2,1-2H3/b9-8+. The Balaban J connectivity index is 1.63. The minimum Gasteiger partial charge on any atom is -0.492 e. The van der Waals surface area contributed by atoms with Crippen LogP contribution in [0.3, 0.4) is 0 Å². The Morgan fingerprint density at radius 2 is 1.53 bits per heavy atom.